The second-order valence-corrected chi connectivity index (χ2v) is 5.95. The van der Waals surface area contributed by atoms with Crippen LogP contribution in [0.25, 0.3) is 10.6 Å². The molecule has 0 spiro atoms. The van der Waals surface area contributed by atoms with Gasteiger partial charge in [-0.05, 0) is 46.5 Å². The van der Waals surface area contributed by atoms with Gasteiger partial charge in [0.05, 0.1) is 17.3 Å². The maximum absolute atomic E-state index is 5.23. The van der Waals surface area contributed by atoms with Gasteiger partial charge in [-0.25, -0.2) is 4.98 Å². The van der Waals surface area contributed by atoms with Crippen LogP contribution in [0.4, 0.5) is 0 Å². The molecule has 0 amide bonds. The number of hydrogen-bond acceptors (Lipinski definition) is 3. The number of rotatable bonds is 4. The van der Waals surface area contributed by atoms with Crippen LogP contribution in [0.5, 0.6) is 5.75 Å². The van der Waals surface area contributed by atoms with Crippen molar-refractivity contribution in [3.63, 3.8) is 0 Å². The van der Waals surface area contributed by atoms with Crippen LogP contribution in [0, 0.1) is 0 Å². The Hall–Kier alpha value is -0.870. The average Bonchev–Trinajstić information content (AvgIpc) is 2.87. The maximum Gasteiger partial charge on any atom is 0.133 e. The molecule has 1 unspecified atom stereocenters. The summed E-state index contributed by atoms with van der Waals surface area (Å²) in [5, 5.41) is 3.22. The molecule has 2 aromatic rings. The van der Waals surface area contributed by atoms with Gasteiger partial charge in [-0.2, -0.15) is 0 Å². The number of methoxy groups -OCH3 is 1. The molecule has 0 aliphatic carbocycles. The van der Waals surface area contributed by atoms with E-state index in [2.05, 4.69) is 41.2 Å². The molecule has 0 bridgehead atoms. The minimum absolute atomic E-state index is 0.525. The van der Waals surface area contributed by atoms with Crippen molar-refractivity contribution in [1.82, 2.24) is 4.98 Å². The highest BCUT2D eigenvalue weighted by molar-refractivity contribution is 9.10. The van der Waals surface area contributed by atoms with Crippen LogP contribution >= 0.6 is 27.3 Å². The Labute approximate surface area is 120 Å². The smallest absolute Gasteiger partial charge is 0.133 e. The van der Waals surface area contributed by atoms with E-state index in [0.717, 1.165) is 27.2 Å². The quantitative estimate of drug-likeness (QED) is 0.780. The zero-order valence-electron chi connectivity index (χ0n) is 10.7. The fourth-order valence-corrected chi connectivity index (χ4v) is 3.13. The zero-order valence-corrected chi connectivity index (χ0v) is 13.1. The van der Waals surface area contributed by atoms with Gasteiger partial charge in [-0.1, -0.05) is 13.8 Å². The first-order chi connectivity index (χ1) is 8.65. The van der Waals surface area contributed by atoms with Gasteiger partial charge in [0.25, 0.3) is 0 Å². The predicted molar refractivity (Wildman–Crippen MR) is 80.5 cm³/mol. The number of benzene rings is 1. The summed E-state index contributed by atoms with van der Waals surface area (Å²) in [6.45, 7) is 4.40. The van der Waals surface area contributed by atoms with Crippen LogP contribution in [-0.4, -0.2) is 12.1 Å². The first kappa shape index (κ1) is 13.6. The Balaban J connectivity index is 2.31. The minimum atomic E-state index is 0.525. The lowest BCUT2D eigenvalue weighted by Gasteiger charge is -2.05. The van der Waals surface area contributed by atoms with Crippen molar-refractivity contribution in [3.05, 3.63) is 33.7 Å². The van der Waals surface area contributed by atoms with E-state index in [1.807, 2.05) is 12.1 Å². The Morgan fingerprint density at radius 2 is 2.22 bits per heavy atom. The van der Waals surface area contributed by atoms with Gasteiger partial charge in [-0.15, -0.1) is 11.3 Å². The van der Waals surface area contributed by atoms with Crippen LogP contribution < -0.4 is 4.74 Å². The first-order valence-electron chi connectivity index (χ1n) is 5.95. The van der Waals surface area contributed by atoms with E-state index in [4.69, 9.17) is 9.72 Å². The maximum atomic E-state index is 5.23. The highest BCUT2D eigenvalue weighted by Gasteiger charge is 2.10. The minimum Gasteiger partial charge on any atom is -0.496 e. The van der Waals surface area contributed by atoms with Crippen LogP contribution in [0.1, 0.15) is 31.9 Å². The Morgan fingerprint density at radius 1 is 1.44 bits per heavy atom. The Kier molecular flexibility index (Phi) is 4.40. The second-order valence-electron chi connectivity index (χ2n) is 4.24. The van der Waals surface area contributed by atoms with Gasteiger partial charge >= 0.3 is 0 Å². The summed E-state index contributed by atoms with van der Waals surface area (Å²) in [4.78, 5) is 4.70. The van der Waals surface area contributed by atoms with E-state index in [9.17, 15) is 0 Å². The van der Waals surface area contributed by atoms with Crippen molar-refractivity contribution in [2.75, 3.05) is 7.11 Å². The molecule has 0 fully saturated rings. The number of nitrogens with zero attached hydrogens (tertiary/aromatic N) is 1. The molecule has 0 radical (unpaired) electrons. The molecule has 4 heteroatoms. The lowest BCUT2D eigenvalue weighted by Crippen LogP contribution is -1.91. The predicted octanol–water partition coefficient (Wildman–Crippen LogP) is 5.09. The third kappa shape index (κ3) is 2.75. The molecule has 1 aromatic carbocycles. The van der Waals surface area contributed by atoms with Crippen molar-refractivity contribution in [3.8, 4) is 16.3 Å². The fraction of sp³-hybridized carbons (Fsp3) is 0.357. The van der Waals surface area contributed by atoms with Gasteiger partial charge in [0, 0.05) is 10.9 Å². The largest absolute Gasteiger partial charge is 0.496 e. The highest BCUT2D eigenvalue weighted by Crippen LogP contribution is 2.33. The van der Waals surface area contributed by atoms with Crippen LogP contribution in [-0.2, 0) is 0 Å². The first-order valence-corrected chi connectivity index (χ1v) is 7.62. The average molecular weight is 326 g/mol. The van der Waals surface area contributed by atoms with Crippen molar-refractivity contribution in [2.45, 2.75) is 26.2 Å². The van der Waals surface area contributed by atoms with Gasteiger partial charge < -0.3 is 4.74 Å². The Bertz CT molecular complexity index is 538. The summed E-state index contributed by atoms with van der Waals surface area (Å²) in [6, 6.07) is 6.06. The van der Waals surface area contributed by atoms with Crippen LogP contribution in [0.3, 0.4) is 0 Å². The third-order valence-corrected chi connectivity index (χ3v) is 4.57. The van der Waals surface area contributed by atoms with Gasteiger partial charge in [-0.3, -0.25) is 0 Å². The summed E-state index contributed by atoms with van der Waals surface area (Å²) < 4.78 is 6.19. The lowest BCUT2D eigenvalue weighted by molar-refractivity contribution is 0.412. The van der Waals surface area contributed by atoms with Crippen LogP contribution in [0.15, 0.2) is 28.1 Å². The molecule has 1 aromatic heterocycles. The third-order valence-electron chi connectivity index (χ3n) is 3.04. The van der Waals surface area contributed by atoms with Crippen molar-refractivity contribution in [1.29, 1.82) is 0 Å². The number of thiazole rings is 1. The number of ether oxygens (including phenoxy) is 1. The second kappa shape index (κ2) is 5.85. The lowest BCUT2D eigenvalue weighted by atomic mass is 10.1. The number of aromatic nitrogens is 1. The summed E-state index contributed by atoms with van der Waals surface area (Å²) in [7, 11) is 1.67. The standard InChI is InChI=1S/C14H16BrNOS/c1-4-9(2)12-8-18-14(16-12)10-5-6-13(17-3)11(15)7-10/h5-9H,4H2,1-3H3. The normalized spacial score (nSPS) is 12.4. The van der Waals surface area contributed by atoms with Gasteiger partial charge in [0.1, 0.15) is 10.8 Å². The Morgan fingerprint density at radius 3 is 2.83 bits per heavy atom. The molecule has 2 rings (SSSR count). The molecule has 18 heavy (non-hydrogen) atoms. The molecular weight excluding hydrogens is 310 g/mol. The SMILES string of the molecule is CCC(C)c1csc(-c2ccc(OC)c(Br)c2)n1. The summed E-state index contributed by atoms with van der Waals surface area (Å²) in [5.74, 6) is 1.37. The number of hydrogen-bond donors (Lipinski definition) is 0. The molecule has 2 nitrogen and oxygen atoms in total. The van der Waals surface area contributed by atoms with E-state index in [1.165, 1.54) is 5.69 Å². The summed E-state index contributed by atoms with van der Waals surface area (Å²) in [5.41, 5.74) is 2.31. The van der Waals surface area contributed by atoms with E-state index < -0.39 is 0 Å². The molecule has 1 heterocycles. The molecule has 0 aliphatic heterocycles. The van der Waals surface area contributed by atoms with Crippen molar-refractivity contribution >= 4 is 27.3 Å². The number of halogens is 1. The van der Waals surface area contributed by atoms with Crippen LogP contribution in [0.2, 0.25) is 0 Å². The highest BCUT2D eigenvalue weighted by atomic mass is 79.9. The molecule has 0 saturated carbocycles. The van der Waals surface area contributed by atoms with E-state index >= 15 is 0 Å². The molecule has 0 saturated heterocycles. The van der Waals surface area contributed by atoms with E-state index in [-0.39, 0.29) is 0 Å². The summed E-state index contributed by atoms with van der Waals surface area (Å²) in [6.07, 6.45) is 1.12. The monoisotopic (exact) mass is 325 g/mol. The molecule has 96 valence electrons. The fourth-order valence-electron chi connectivity index (χ4n) is 1.65. The van der Waals surface area contributed by atoms with Crippen molar-refractivity contribution < 1.29 is 4.74 Å². The van der Waals surface area contributed by atoms with E-state index in [1.54, 1.807) is 18.4 Å². The molecule has 1 atom stereocenters. The molecule has 0 N–H and O–H groups in total. The van der Waals surface area contributed by atoms with Gasteiger partial charge in [0.15, 0.2) is 0 Å². The molecular formula is C14H16BrNOS. The van der Waals surface area contributed by atoms with Crippen molar-refractivity contribution in [2.24, 2.45) is 0 Å². The molecule has 0 aliphatic rings. The van der Waals surface area contributed by atoms with Gasteiger partial charge in [0.2, 0.25) is 0 Å². The topological polar surface area (TPSA) is 22.1 Å². The zero-order chi connectivity index (χ0) is 13.1. The van der Waals surface area contributed by atoms with E-state index in [0.29, 0.717) is 5.92 Å². The summed E-state index contributed by atoms with van der Waals surface area (Å²) >= 11 is 5.20.